The second-order valence-corrected chi connectivity index (χ2v) is 4.25. The van der Waals surface area contributed by atoms with Gasteiger partial charge in [0.05, 0.1) is 22.1 Å². The standard InChI is InChI=1S/C12H13ClN2O/c1-7-6-10(16)4-5-11(7)15-9(3)12(13)8(2)14-15/h4-6,16H,1-3H3. The molecule has 0 atom stereocenters. The van der Waals surface area contributed by atoms with Crippen LogP contribution in [0.1, 0.15) is 17.0 Å². The van der Waals surface area contributed by atoms with Crippen LogP contribution in [0.15, 0.2) is 18.2 Å². The highest BCUT2D eigenvalue weighted by Gasteiger charge is 2.12. The van der Waals surface area contributed by atoms with Crippen molar-refractivity contribution < 1.29 is 5.11 Å². The van der Waals surface area contributed by atoms with Gasteiger partial charge in [-0.25, -0.2) is 4.68 Å². The molecule has 0 aliphatic rings. The second-order valence-electron chi connectivity index (χ2n) is 3.87. The fourth-order valence-electron chi connectivity index (χ4n) is 1.74. The van der Waals surface area contributed by atoms with Gasteiger partial charge in [-0.05, 0) is 44.5 Å². The first-order chi connectivity index (χ1) is 7.50. The van der Waals surface area contributed by atoms with E-state index in [0.717, 1.165) is 22.6 Å². The van der Waals surface area contributed by atoms with Gasteiger partial charge in [0, 0.05) is 0 Å². The minimum Gasteiger partial charge on any atom is -0.508 e. The molecule has 1 heterocycles. The van der Waals surface area contributed by atoms with E-state index in [1.807, 2.05) is 26.8 Å². The summed E-state index contributed by atoms with van der Waals surface area (Å²) in [6, 6.07) is 5.19. The molecule has 0 radical (unpaired) electrons. The number of hydrogen-bond acceptors (Lipinski definition) is 2. The predicted octanol–water partition coefficient (Wildman–Crippen LogP) is 3.16. The highest BCUT2D eigenvalue weighted by molar-refractivity contribution is 6.31. The quantitative estimate of drug-likeness (QED) is 0.826. The maximum absolute atomic E-state index is 9.36. The smallest absolute Gasteiger partial charge is 0.115 e. The zero-order chi connectivity index (χ0) is 11.9. The Balaban J connectivity index is 2.63. The van der Waals surface area contributed by atoms with Crippen molar-refractivity contribution >= 4 is 11.6 Å². The van der Waals surface area contributed by atoms with E-state index in [-0.39, 0.29) is 5.75 Å². The van der Waals surface area contributed by atoms with Crippen molar-refractivity contribution in [3.63, 3.8) is 0 Å². The first-order valence-corrected chi connectivity index (χ1v) is 5.40. The van der Waals surface area contributed by atoms with Crippen LogP contribution in [0.2, 0.25) is 5.02 Å². The van der Waals surface area contributed by atoms with Gasteiger partial charge < -0.3 is 5.11 Å². The molecule has 1 N–H and O–H groups in total. The van der Waals surface area contributed by atoms with Crippen molar-refractivity contribution in [3.8, 4) is 11.4 Å². The predicted molar refractivity (Wildman–Crippen MR) is 64.4 cm³/mol. The van der Waals surface area contributed by atoms with E-state index in [4.69, 9.17) is 11.6 Å². The zero-order valence-electron chi connectivity index (χ0n) is 9.45. The molecule has 3 nitrogen and oxygen atoms in total. The van der Waals surface area contributed by atoms with Crippen LogP contribution in [-0.4, -0.2) is 14.9 Å². The summed E-state index contributed by atoms with van der Waals surface area (Å²) >= 11 is 6.10. The molecule has 16 heavy (non-hydrogen) atoms. The highest BCUT2D eigenvalue weighted by Crippen LogP contribution is 2.25. The molecule has 0 aliphatic heterocycles. The average Bonchev–Trinajstić information content (AvgIpc) is 2.46. The molecule has 0 fully saturated rings. The third-order valence-corrected chi connectivity index (χ3v) is 3.16. The fourth-order valence-corrected chi connectivity index (χ4v) is 1.85. The third kappa shape index (κ3) is 1.67. The summed E-state index contributed by atoms with van der Waals surface area (Å²) in [5.41, 5.74) is 3.62. The van der Waals surface area contributed by atoms with E-state index < -0.39 is 0 Å². The normalized spacial score (nSPS) is 10.8. The number of hydrogen-bond donors (Lipinski definition) is 1. The molecule has 0 bridgehead atoms. The van der Waals surface area contributed by atoms with Crippen molar-refractivity contribution in [3.05, 3.63) is 40.2 Å². The van der Waals surface area contributed by atoms with Crippen molar-refractivity contribution in [2.24, 2.45) is 0 Å². The van der Waals surface area contributed by atoms with Crippen LogP contribution in [0.4, 0.5) is 0 Å². The van der Waals surface area contributed by atoms with Crippen molar-refractivity contribution in [2.45, 2.75) is 20.8 Å². The number of aromatic hydroxyl groups is 1. The zero-order valence-corrected chi connectivity index (χ0v) is 10.2. The number of phenolic OH excluding ortho intramolecular Hbond substituents is 1. The molecule has 0 spiro atoms. The van der Waals surface area contributed by atoms with Crippen LogP contribution in [0.3, 0.4) is 0 Å². The highest BCUT2D eigenvalue weighted by atomic mass is 35.5. The Labute approximate surface area is 99.3 Å². The van der Waals surface area contributed by atoms with Gasteiger partial charge in [-0.3, -0.25) is 0 Å². The summed E-state index contributed by atoms with van der Waals surface area (Å²) in [5, 5.41) is 14.4. The van der Waals surface area contributed by atoms with E-state index in [1.54, 1.807) is 16.8 Å². The van der Waals surface area contributed by atoms with E-state index in [9.17, 15) is 5.11 Å². The fraction of sp³-hybridized carbons (Fsp3) is 0.250. The Morgan fingerprint density at radius 1 is 1.25 bits per heavy atom. The molecule has 84 valence electrons. The molecule has 0 aliphatic carbocycles. The average molecular weight is 237 g/mol. The number of phenols is 1. The summed E-state index contributed by atoms with van der Waals surface area (Å²) in [4.78, 5) is 0. The maximum Gasteiger partial charge on any atom is 0.115 e. The SMILES string of the molecule is Cc1cc(O)ccc1-n1nc(C)c(Cl)c1C. The lowest BCUT2D eigenvalue weighted by Crippen LogP contribution is -2.01. The number of aromatic nitrogens is 2. The third-order valence-electron chi connectivity index (χ3n) is 2.61. The Morgan fingerprint density at radius 3 is 2.44 bits per heavy atom. The Kier molecular flexibility index (Phi) is 2.64. The molecular weight excluding hydrogens is 224 g/mol. The van der Waals surface area contributed by atoms with Crippen LogP contribution in [0.25, 0.3) is 5.69 Å². The van der Waals surface area contributed by atoms with Gasteiger partial charge in [0.25, 0.3) is 0 Å². The van der Waals surface area contributed by atoms with Gasteiger partial charge in [-0.15, -0.1) is 0 Å². The largest absolute Gasteiger partial charge is 0.508 e. The van der Waals surface area contributed by atoms with E-state index in [0.29, 0.717) is 5.02 Å². The molecule has 0 amide bonds. The first kappa shape index (κ1) is 11.0. The van der Waals surface area contributed by atoms with Crippen LogP contribution < -0.4 is 0 Å². The number of halogens is 1. The summed E-state index contributed by atoms with van der Waals surface area (Å²) in [6.07, 6.45) is 0. The van der Waals surface area contributed by atoms with Crippen molar-refractivity contribution in [1.82, 2.24) is 9.78 Å². The topological polar surface area (TPSA) is 38.0 Å². The number of rotatable bonds is 1. The number of benzene rings is 1. The maximum atomic E-state index is 9.36. The van der Waals surface area contributed by atoms with E-state index in [1.165, 1.54) is 0 Å². The van der Waals surface area contributed by atoms with Gasteiger partial charge >= 0.3 is 0 Å². The Morgan fingerprint density at radius 2 is 1.94 bits per heavy atom. The summed E-state index contributed by atoms with van der Waals surface area (Å²) in [5.74, 6) is 0.258. The molecular formula is C12H13ClN2O. The molecule has 4 heteroatoms. The van der Waals surface area contributed by atoms with Crippen molar-refractivity contribution in [1.29, 1.82) is 0 Å². The number of aryl methyl sites for hydroxylation is 2. The van der Waals surface area contributed by atoms with Gasteiger partial charge in [0.15, 0.2) is 0 Å². The summed E-state index contributed by atoms with van der Waals surface area (Å²) < 4.78 is 1.80. The molecule has 0 saturated heterocycles. The van der Waals surface area contributed by atoms with E-state index >= 15 is 0 Å². The molecule has 2 rings (SSSR count). The lowest BCUT2D eigenvalue weighted by Gasteiger charge is -2.08. The van der Waals surface area contributed by atoms with Gasteiger partial charge in [0.1, 0.15) is 5.75 Å². The van der Waals surface area contributed by atoms with Crippen LogP contribution in [0, 0.1) is 20.8 Å². The summed E-state index contributed by atoms with van der Waals surface area (Å²) in [6.45, 7) is 5.73. The molecule has 1 aromatic heterocycles. The number of nitrogens with zero attached hydrogens (tertiary/aromatic N) is 2. The molecule has 1 aromatic carbocycles. The monoisotopic (exact) mass is 236 g/mol. The second kappa shape index (κ2) is 3.83. The summed E-state index contributed by atoms with van der Waals surface area (Å²) in [7, 11) is 0. The molecule has 0 saturated carbocycles. The van der Waals surface area contributed by atoms with E-state index in [2.05, 4.69) is 5.10 Å². The molecule has 0 unspecified atom stereocenters. The van der Waals surface area contributed by atoms with Gasteiger partial charge in [-0.1, -0.05) is 11.6 Å². The van der Waals surface area contributed by atoms with Crippen molar-refractivity contribution in [2.75, 3.05) is 0 Å². The lowest BCUT2D eigenvalue weighted by molar-refractivity contribution is 0.474. The van der Waals surface area contributed by atoms with Gasteiger partial charge in [-0.2, -0.15) is 5.10 Å². The minimum absolute atomic E-state index is 0.258. The lowest BCUT2D eigenvalue weighted by atomic mass is 10.2. The van der Waals surface area contributed by atoms with Crippen LogP contribution in [-0.2, 0) is 0 Å². The molecule has 2 aromatic rings. The minimum atomic E-state index is 0.258. The van der Waals surface area contributed by atoms with Crippen LogP contribution >= 0.6 is 11.6 Å². The first-order valence-electron chi connectivity index (χ1n) is 5.02. The van der Waals surface area contributed by atoms with Crippen LogP contribution in [0.5, 0.6) is 5.75 Å². The Bertz CT molecular complexity index is 546. The van der Waals surface area contributed by atoms with Gasteiger partial charge in [0.2, 0.25) is 0 Å². The Hall–Kier alpha value is -1.48.